The molecule has 0 aliphatic carbocycles. The lowest BCUT2D eigenvalue weighted by Crippen LogP contribution is -2.07. The molecule has 0 saturated carbocycles. The van der Waals surface area contributed by atoms with E-state index in [1.165, 1.54) is 13.1 Å². The van der Waals surface area contributed by atoms with Gasteiger partial charge < -0.3 is 11.1 Å². The molecule has 0 saturated heterocycles. The van der Waals surface area contributed by atoms with Crippen molar-refractivity contribution in [2.45, 2.75) is 0 Å². The van der Waals surface area contributed by atoms with E-state index in [9.17, 15) is 13.2 Å². The summed E-state index contributed by atoms with van der Waals surface area (Å²) in [5, 5.41) is 10.5. The molecule has 6 heteroatoms. The van der Waals surface area contributed by atoms with Crippen LogP contribution in [0.1, 0.15) is 5.56 Å². The van der Waals surface area contributed by atoms with E-state index in [0.717, 1.165) is 0 Å². The summed E-state index contributed by atoms with van der Waals surface area (Å²) in [6.45, 7) is 0. The van der Waals surface area contributed by atoms with Crippen LogP contribution in [0.2, 0.25) is 0 Å². The van der Waals surface area contributed by atoms with Gasteiger partial charge in [0.2, 0.25) is 0 Å². The van der Waals surface area contributed by atoms with E-state index >= 15 is 0 Å². The van der Waals surface area contributed by atoms with E-state index in [-0.39, 0.29) is 0 Å². The lowest BCUT2D eigenvalue weighted by Gasteiger charge is -2.08. The van der Waals surface area contributed by atoms with Gasteiger partial charge in [0.05, 0.1) is 5.69 Å². The number of benzene rings is 1. The maximum absolute atomic E-state index is 13.1. The number of nitrogens with one attached hydrogen (secondary N) is 1. The number of nitriles is 1. The Morgan fingerprint density at radius 1 is 1.21 bits per heavy atom. The third-order valence-electron chi connectivity index (χ3n) is 1.72. The predicted molar refractivity (Wildman–Crippen MR) is 45.0 cm³/mol. The molecule has 0 spiro atoms. The normalized spacial score (nSPS) is 9.64. The first kappa shape index (κ1) is 10.2. The molecular formula is C8H6F3N3. The highest BCUT2D eigenvalue weighted by molar-refractivity contribution is 5.65. The SMILES string of the molecule is CNc1c(F)c(N)c(C#N)c(F)c1F. The van der Waals surface area contributed by atoms with Gasteiger partial charge in [0.25, 0.3) is 0 Å². The molecule has 1 aromatic rings. The highest BCUT2D eigenvalue weighted by Gasteiger charge is 2.22. The molecule has 0 bridgehead atoms. The Balaban J connectivity index is 3.66. The summed E-state index contributed by atoms with van der Waals surface area (Å²) in [7, 11) is 1.21. The molecular weight excluding hydrogens is 195 g/mol. The summed E-state index contributed by atoms with van der Waals surface area (Å²) >= 11 is 0. The van der Waals surface area contributed by atoms with Crippen molar-refractivity contribution in [1.29, 1.82) is 5.26 Å². The van der Waals surface area contributed by atoms with E-state index in [1.54, 1.807) is 0 Å². The van der Waals surface area contributed by atoms with Gasteiger partial charge in [-0.15, -0.1) is 0 Å². The number of rotatable bonds is 1. The maximum atomic E-state index is 13.1. The number of hydrogen-bond donors (Lipinski definition) is 2. The van der Waals surface area contributed by atoms with Gasteiger partial charge in [0, 0.05) is 7.05 Å². The van der Waals surface area contributed by atoms with Crippen LogP contribution in [0.4, 0.5) is 24.5 Å². The topological polar surface area (TPSA) is 61.8 Å². The Morgan fingerprint density at radius 3 is 2.21 bits per heavy atom. The van der Waals surface area contributed by atoms with Crippen molar-refractivity contribution in [3.63, 3.8) is 0 Å². The summed E-state index contributed by atoms with van der Waals surface area (Å²) in [5.74, 6) is -4.06. The zero-order valence-corrected chi connectivity index (χ0v) is 7.16. The Bertz CT molecular complexity index is 386. The molecule has 0 aliphatic rings. The van der Waals surface area contributed by atoms with Crippen molar-refractivity contribution in [1.82, 2.24) is 0 Å². The van der Waals surface area contributed by atoms with Crippen LogP contribution in [-0.4, -0.2) is 7.05 Å². The van der Waals surface area contributed by atoms with Crippen LogP contribution >= 0.6 is 0 Å². The fraction of sp³-hybridized carbons (Fsp3) is 0.125. The summed E-state index contributed by atoms with van der Waals surface area (Å²) in [4.78, 5) is 0. The number of nitrogens with two attached hydrogens (primary N) is 1. The molecule has 1 rings (SSSR count). The third-order valence-corrected chi connectivity index (χ3v) is 1.72. The van der Waals surface area contributed by atoms with Gasteiger partial charge in [-0.3, -0.25) is 0 Å². The van der Waals surface area contributed by atoms with Gasteiger partial charge in [0.1, 0.15) is 17.3 Å². The van der Waals surface area contributed by atoms with Crippen molar-refractivity contribution in [2.24, 2.45) is 0 Å². The second kappa shape index (κ2) is 3.46. The summed E-state index contributed by atoms with van der Waals surface area (Å²) in [6, 6.07) is 1.29. The van der Waals surface area contributed by atoms with Crippen LogP contribution < -0.4 is 11.1 Å². The van der Waals surface area contributed by atoms with Crippen LogP contribution in [0, 0.1) is 28.8 Å². The van der Waals surface area contributed by atoms with Crippen molar-refractivity contribution >= 4 is 11.4 Å². The summed E-state index contributed by atoms with van der Waals surface area (Å²) in [6.07, 6.45) is 0. The molecule has 3 N–H and O–H groups in total. The molecule has 1 aromatic carbocycles. The first-order valence-corrected chi connectivity index (χ1v) is 3.58. The summed E-state index contributed by atoms with van der Waals surface area (Å²) in [5.41, 5.74) is 2.89. The molecule has 0 aromatic heterocycles. The van der Waals surface area contributed by atoms with E-state index in [2.05, 4.69) is 5.32 Å². The second-order valence-corrected chi connectivity index (χ2v) is 2.47. The van der Waals surface area contributed by atoms with Crippen LogP contribution in [0.3, 0.4) is 0 Å². The van der Waals surface area contributed by atoms with Crippen LogP contribution in [0.15, 0.2) is 0 Å². The quantitative estimate of drug-likeness (QED) is 0.535. The zero-order chi connectivity index (χ0) is 10.9. The number of hydrogen-bond acceptors (Lipinski definition) is 3. The van der Waals surface area contributed by atoms with E-state index in [0.29, 0.717) is 0 Å². The minimum atomic E-state index is -1.45. The van der Waals surface area contributed by atoms with Crippen molar-refractivity contribution < 1.29 is 13.2 Å². The van der Waals surface area contributed by atoms with Crippen molar-refractivity contribution in [2.75, 3.05) is 18.1 Å². The monoisotopic (exact) mass is 201 g/mol. The molecule has 0 radical (unpaired) electrons. The molecule has 0 fully saturated rings. The van der Waals surface area contributed by atoms with Gasteiger partial charge in [-0.25, -0.2) is 13.2 Å². The molecule has 74 valence electrons. The van der Waals surface area contributed by atoms with Gasteiger partial charge >= 0.3 is 0 Å². The second-order valence-electron chi connectivity index (χ2n) is 2.47. The average molecular weight is 201 g/mol. The predicted octanol–water partition coefficient (Wildman–Crippen LogP) is 1.60. The minimum Gasteiger partial charge on any atom is -0.395 e. The number of anilines is 2. The average Bonchev–Trinajstić information content (AvgIpc) is 2.17. The number of nitrogen functional groups attached to an aromatic ring is 1. The Kier molecular flexibility index (Phi) is 2.51. The van der Waals surface area contributed by atoms with E-state index in [4.69, 9.17) is 11.0 Å². The van der Waals surface area contributed by atoms with Gasteiger partial charge in [-0.2, -0.15) is 5.26 Å². The molecule has 0 atom stereocenters. The molecule has 3 nitrogen and oxygen atoms in total. The molecule has 0 unspecified atom stereocenters. The first-order chi connectivity index (χ1) is 6.54. The smallest absolute Gasteiger partial charge is 0.186 e. The first-order valence-electron chi connectivity index (χ1n) is 3.58. The van der Waals surface area contributed by atoms with Crippen molar-refractivity contribution in [3.8, 4) is 6.07 Å². The van der Waals surface area contributed by atoms with Gasteiger partial charge in [0.15, 0.2) is 17.5 Å². The standard InChI is InChI=1S/C8H6F3N3/c1-14-8-5(10)4(9)3(2-12)7(13)6(8)11/h14H,13H2,1H3. The lowest BCUT2D eigenvalue weighted by molar-refractivity contribution is 0.498. The van der Waals surface area contributed by atoms with Crippen LogP contribution in [-0.2, 0) is 0 Å². The van der Waals surface area contributed by atoms with Crippen molar-refractivity contribution in [3.05, 3.63) is 23.0 Å². The lowest BCUT2D eigenvalue weighted by atomic mass is 10.1. The Hall–Kier alpha value is -1.90. The van der Waals surface area contributed by atoms with E-state index in [1.807, 2.05) is 0 Å². The highest BCUT2D eigenvalue weighted by atomic mass is 19.2. The fourth-order valence-corrected chi connectivity index (χ4v) is 1.01. The van der Waals surface area contributed by atoms with Gasteiger partial charge in [-0.1, -0.05) is 0 Å². The summed E-state index contributed by atoms with van der Waals surface area (Å²) < 4.78 is 39.2. The van der Waals surface area contributed by atoms with Crippen LogP contribution in [0.5, 0.6) is 0 Å². The highest BCUT2D eigenvalue weighted by Crippen LogP contribution is 2.29. The third kappa shape index (κ3) is 1.23. The molecule has 0 aliphatic heterocycles. The maximum Gasteiger partial charge on any atom is 0.186 e. The van der Waals surface area contributed by atoms with Crippen LogP contribution in [0.25, 0.3) is 0 Å². The Labute approximate surface area is 77.9 Å². The van der Waals surface area contributed by atoms with E-state index < -0.39 is 34.4 Å². The number of halogens is 3. The Morgan fingerprint density at radius 2 is 1.79 bits per heavy atom. The minimum absolute atomic E-state index is 0.681. The molecule has 14 heavy (non-hydrogen) atoms. The van der Waals surface area contributed by atoms with Gasteiger partial charge in [-0.05, 0) is 0 Å². The number of nitrogens with zero attached hydrogens (tertiary/aromatic N) is 1. The fourth-order valence-electron chi connectivity index (χ4n) is 1.01. The molecule has 0 heterocycles. The largest absolute Gasteiger partial charge is 0.395 e. The zero-order valence-electron chi connectivity index (χ0n) is 7.16. The molecule has 0 amide bonds.